The van der Waals surface area contributed by atoms with E-state index in [2.05, 4.69) is 4.90 Å². The zero-order valence-corrected chi connectivity index (χ0v) is 8.41. The lowest BCUT2D eigenvalue weighted by atomic mass is 9.94. The molecule has 2 fully saturated rings. The zero-order chi connectivity index (χ0) is 9.10. The van der Waals surface area contributed by atoms with Crippen molar-refractivity contribution in [2.45, 2.75) is 57.0 Å². The van der Waals surface area contributed by atoms with E-state index in [9.17, 15) is 0 Å². The van der Waals surface area contributed by atoms with Gasteiger partial charge in [-0.05, 0) is 45.1 Å². The maximum Gasteiger partial charge on any atom is 0.0431 e. The van der Waals surface area contributed by atoms with E-state index in [-0.39, 0.29) is 0 Å². The average molecular weight is 183 g/mol. The third kappa shape index (κ3) is 2.05. The molecule has 76 valence electrons. The second-order valence-electron chi connectivity index (χ2n) is 4.48. The summed E-state index contributed by atoms with van der Waals surface area (Å²) in [5.74, 6) is 0. The second kappa shape index (κ2) is 4.43. The molecule has 0 spiro atoms. The van der Waals surface area contributed by atoms with E-state index in [4.69, 9.17) is 5.11 Å². The maximum absolute atomic E-state index is 8.82. The molecular formula is C11H21NO. The Hall–Kier alpha value is -0.0800. The number of hydrogen-bond acceptors (Lipinski definition) is 2. The Morgan fingerprint density at radius 1 is 1.15 bits per heavy atom. The summed E-state index contributed by atoms with van der Waals surface area (Å²) >= 11 is 0. The molecule has 0 aliphatic carbocycles. The van der Waals surface area contributed by atoms with Crippen LogP contribution in [-0.4, -0.2) is 35.2 Å². The summed E-state index contributed by atoms with van der Waals surface area (Å²) in [7, 11) is 0. The first-order valence-electron chi connectivity index (χ1n) is 5.78. The Balaban J connectivity index is 1.86. The van der Waals surface area contributed by atoms with Crippen LogP contribution >= 0.6 is 0 Å². The van der Waals surface area contributed by atoms with Crippen molar-refractivity contribution in [1.29, 1.82) is 0 Å². The molecule has 2 aliphatic rings. The van der Waals surface area contributed by atoms with Crippen molar-refractivity contribution in [3.63, 3.8) is 0 Å². The standard InChI is InChI=1S/C11H21NO/c13-9-3-7-11-5-1-4-10-6-2-8-12(10)11/h10-11,13H,1-9H2. The first kappa shape index (κ1) is 9.47. The molecular weight excluding hydrogens is 162 g/mol. The van der Waals surface area contributed by atoms with Crippen LogP contribution in [-0.2, 0) is 0 Å². The number of piperidine rings is 1. The predicted octanol–water partition coefficient (Wildman–Crippen LogP) is 1.78. The van der Waals surface area contributed by atoms with Gasteiger partial charge in [0, 0.05) is 18.7 Å². The Morgan fingerprint density at radius 3 is 2.85 bits per heavy atom. The Bertz CT molecular complexity index is 160. The van der Waals surface area contributed by atoms with Gasteiger partial charge in [0.15, 0.2) is 0 Å². The molecule has 2 aliphatic heterocycles. The number of aliphatic hydroxyl groups excluding tert-OH is 1. The lowest BCUT2D eigenvalue weighted by molar-refractivity contribution is 0.109. The van der Waals surface area contributed by atoms with E-state index >= 15 is 0 Å². The highest BCUT2D eigenvalue weighted by Crippen LogP contribution is 2.32. The van der Waals surface area contributed by atoms with Crippen LogP contribution in [0.3, 0.4) is 0 Å². The molecule has 2 atom stereocenters. The minimum atomic E-state index is 0.370. The van der Waals surface area contributed by atoms with Gasteiger partial charge in [-0.15, -0.1) is 0 Å². The van der Waals surface area contributed by atoms with Crippen molar-refractivity contribution in [1.82, 2.24) is 4.90 Å². The summed E-state index contributed by atoms with van der Waals surface area (Å²) in [6.45, 7) is 1.69. The quantitative estimate of drug-likeness (QED) is 0.721. The normalized spacial score (nSPS) is 34.8. The summed E-state index contributed by atoms with van der Waals surface area (Å²) in [6, 6.07) is 1.70. The first-order chi connectivity index (χ1) is 6.42. The van der Waals surface area contributed by atoms with Crippen molar-refractivity contribution >= 4 is 0 Å². The van der Waals surface area contributed by atoms with Gasteiger partial charge in [-0.25, -0.2) is 0 Å². The lowest BCUT2D eigenvalue weighted by Crippen LogP contribution is -2.42. The molecule has 0 aromatic carbocycles. The van der Waals surface area contributed by atoms with E-state index in [0.717, 1.165) is 18.5 Å². The van der Waals surface area contributed by atoms with Crippen LogP contribution in [0, 0.1) is 0 Å². The van der Waals surface area contributed by atoms with Crippen LogP contribution in [0.25, 0.3) is 0 Å². The molecule has 0 bridgehead atoms. The molecule has 2 unspecified atom stereocenters. The van der Waals surface area contributed by atoms with E-state index in [1.807, 2.05) is 0 Å². The van der Waals surface area contributed by atoms with Gasteiger partial charge >= 0.3 is 0 Å². The number of hydrogen-bond donors (Lipinski definition) is 1. The van der Waals surface area contributed by atoms with Crippen LogP contribution < -0.4 is 0 Å². The molecule has 2 nitrogen and oxygen atoms in total. The molecule has 2 rings (SSSR count). The second-order valence-corrected chi connectivity index (χ2v) is 4.48. The van der Waals surface area contributed by atoms with Gasteiger partial charge < -0.3 is 5.11 Å². The summed E-state index contributed by atoms with van der Waals surface area (Å²) < 4.78 is 0. The van der Waals surface area contributed by atoms with Gasteiger partial charge in [0.1, 0.15) is 0 Å². The van der Waals surface area contributed by atoms with Crippen molar-refractivity contribution < 1.29 is 5.11 Å². The van der Waals surface area contributed by atoms with Crippen molar-refractivity contribution in [2.75, 3.05) is 13.2 Å². The number of fused-ring (bicyclic) bond motifs is 1. The van der Waals surface area contributed by atoms with Gasteiger partial charge in [0.25, 0.3) is 0 Å². The summed E-state index contributed by atoms with van der Waals surface area (Å²) in [5, 5.41) is 8.82. The minimum Gasteiger partial charge on any atom is -0.396 e. The molecule has 2 heterocycles. The van der Waals surface area contributed by atoms with E-state index in [1.54, 1.807) is 0 Å². The Morgan fingerprint density at radius 2 is 2.00 bits per heavy atom. The largest absolute Gasteiger partial charge is 0.396 e. The Labute approximate surface area is 80.9 Å². The summed E-state index contributed by atoms with van der Waals surface area (Å²) in [6.07, 6.45) is 9.25. The van der Waals surface area contributed by atoms with Gasteiger partial charge in [0.05, 0.1) is 0 Å². The van der Waals surface area contributed by atoms with Crippen LogP contribution in [0.1, 0.15) is 44.9 Å². The van der Waals surface area contributed by atoms with Gasteiger partial charge in [0.2, 0.25) is 0 Å². The zero-order valence-electron chi connectivity index (χ0n) is 8.41. The Kier molecular flexibility index (Phi) is 3.23. The van der Waals surface area contributed by atoms with Gasteiger partial charge in [-0.1, -0.05) is 6.42 Å². The van der Waals surface area contributed by atoms with Crippen molar-refractivity contribution in [3.8, 4) is 0 Å². The SMILES string of the molecule is OCCCC1CCCC2CCCN12. The van der Waals surface area contributed by atoms with Crippen LogP contribution in [0.5, 0.6) is 0 Å². The van der Waals surface area contributed by atoms with E-state index in [0.29, 0.717) is 6.61 Å². The van der Waals surface area contributed by atoms with E-state index in [1.165, 1.54) is 45.1 Å². The first-order valence-corrected chi connectivity index (χ1v) is 5.78. The third-order valence-electron chi connectivity index (χ3n) is 3.66. The molecule has 0 aromatic rings. The average Bonchev–Trinajstić information content (AvgIpc) is 2.62. The highest BCUT2D eigenvalue weighted by molar-refractivity contribution is 4.88. The monoisotopic (exact) mass is 183 g/mol. The smallest absolute Gasteiger partial charge is 0.0431 e. The fourth-order valence-corrected chi connectivity index (χ4v) is 3.04. The van der Waals surface area contributed by atoms with E-state index < -0.39 is 0 Å². The molecule has 1 N–H and O–H groups in total. The van der Waals surface area contributed by atoms with Crippen LogP contribution in [0.2, 0.25) is 0 Å². The molecule has 13 heavy (non-hydrogen) atoms. The minimum absolute atomic E-state index is 0.370. The molecule has 0 aromatic heterocycles. The maximum atomic E-state index is 8.82. The van der Waals surface area contributed by atoms with Crippen LogP contribution in [0.15, 0.2) is 0 Å². The van der Waals surface area contributed by atoms with Crippen molar-refractivity contribution in [2.24, 2.45) is 0 Å². The molecule has 2 saturated heterocycles. The van der Waals surface area contributed by atoms with Gasteiger partial charge in [-0.2, -0.15) is 0 Å². The van der Waals surface area contributed by atoms with Crippen LogP contribution in [0.4, 0.5) is 0 Å². The highest BCUT2D eigenvalue weighted by atomic mass is 16.2. The van der Waals surface area contributed by atoms with Gasteiger partial charge in [-0.3, -0.25) is 4.90 Å². The number of rotatable bonds is 3. The summed E-state index contributed by atoms with van der Waals surface area (Å²) in [4.78, 5) is 2.71. The third-order valence-corrected chi connectivity index (χ3v) is 3.66. The fraction of sp³-hybridized carbons (Fsp3) is 1.00. The molecule has 0 radical (unpaired) electrons. The fourth-order valence-electron chi connectivity index (χ4n) is 3.04. The number of aliphatic hydroxyl groups is 1. The molecule has 0 saturated carbocycles. The van der Waals surface area contributed by atoms with Crippen molar-refractivity contribution in [3.05, 3.63) is 0 Å². The molecule has 0 amide bonds. The summed E-state index contributed by atoms with van der Waals surface area (Å²) in [5.41, 5.74) is 0. The topological polar surface area (TPSA) is 23.5 Å². The highest BCUT2D eigenvalue weighted by Gasteiger charge is 2.32. The molecule has 2 heteroatoms. The lowest BCUT2D eigenvalue weighted by Gasteiger charge is -2.37. The predicted molar refractivity (Wildman–Crippen MR) is 53.7 cm³/mol. The number of nitrogens with zero attached hydrogens (tertiary/aromatic N) is 1.